The van der Waals surface area contributed by atoms with Crippen molar-refractivity contribution in [1.82, 2.24) is 0 Å². The average Bonchev–Trinajstić information content (AvgIpc) is 3.65. The first-order valence-corrected chi connectivity index (χ1v) is 31.7. The molecule has 2 radical (unpaired) electrons. The summed E-state index contributed by atoms with van der Waals surface area (Å²) < 4.78 is 0. The Balaban J connectivity index is 0.000000193. The van der Waals surface area contributed by atoms with Gasteiger partial charge in [-0.05, 0) is 59.8 Å². The molecule has 0 amide bonds. The number of halogens is 2. The van der Waals surface area contributed by atoms with Crippen molar-refractivity contribution in [3.05, 3.63) is 131 Å². The molecule has 0 N–H and O–H groups in total. The predicted octanol–water partition coefficient (Wildman–Crippen LogP) is 18.3. The summed E-state index contributed by atoms with van der Waals surface area (Å²) in [6.07, 6.45) is 25.8. The zero-order valence-corrected chi connectivity index (χ0v) is 42.4. The second-order valence-corrected chi connectivity index (χ2v) is 22.5. The first-order valence-electron chi connectivity index (χ1n) is 23.7. The van der Waals surface area contributed by atoms with Crippen molar-refractivity contribution in [3.63, 3.8) is 0 Å². The summed E-state index contributed by atoms with van der Waals surface area (Å²) in [6.45, 7) is 8.95. The van der Waals surface area contributed by atoms with Crippen molar-refractivity contribution in [2.24, 2.45) is 11.8 Å². The van der Waals surface area contributed by atoms with Crippen LogP contribution in [0.25, 0.3) is 43.8 Å². The van der Waals surface area contributed by atoms with Crippen LogP contribution in [-0.2, 0) is 46.5 Å². The summed E-state index contributed by atoms with van der Waals surface area (Å²) in [4.78, 5) is 0. The van der Waals surface area contributed by atoms with E-state index in [0.717, 1.165) is 21.4 Å². The summed E-state index contributed by atoms with van der Waals surface area (Å²) in [7, 11) is 11.0. The van der Waals surface area contributed by atoms with Gasteiger partial charge in [0.15, 0.2) is 0 Å². The molecule has 4 heteroatoms. The van der Waals surface area contributed by atoms with Crippen LogP contribution in [-0.4, -0.2) is 9.52 Å². The third kappa shape index (κ3) is 15.5. The third-order valence-corrected chi connectivity index (χ3v) is 13.7. The molecule has 0 nitrogen and oxygen atoms in total. The summed E-state index contributed by atoms with van der Waals surface area (Å²) >= 11 is -0.826. The number of hydrogen-bond donors (Lipinski definition) is 0. The predicted molar refractivity (Wildman–Crippen MR) is 266 cm³/mol. The Morgan fingerprint density at radius 3 is 1.23 bits per heavy atom. The van der Waals surface area contributed by atoms with E-state index < -0.39 is 20.8 Å². The van der Waals surface area contributed by atoms with E-state index in [1.54, 1.807) is 11.1 Å². The number of benzene rings is 4. The Hall–Kier alpha value is -2.22. The first-order chi connectivity index (χ1) is 29.5. The Kier molecular flexibility index (Phi) is 22.6. The maximum absolute atomic E-state index is 4.93. The van der Waals surface area contributed by atoms with E-state index in [0.29, 0.717) is 0 Å². The fourth-order valence-electron chi connectivity index (χ4n) is 9.66. The minimum atomic E-state index is -0.826. The molecule has 0 spiro atoms. The number of aryl methyl sites for hydroxylation is 2. The van der Waals surface area contributed by atoms with Gasteiger partial charge in [0.1, 0.15) is 0 Å². The van der Waals surface area contributed by atoms with Gasteiger partial charge < -0.3 is 0 Å². The second kappa shape index (κ2) is 27.8. The standard InChI is InChI=1S/2C26H31.C4H10Si.2ClH.Zr/c2*1-2-8-20-13-15-23(16-14-20)25-12-7-11-24-18-22(19-26(24)25)17-21-9-5-3-4-6-10-21;1-3-4-5-2;;;/h2*7,11-16,18-19,21H,2-6,8-10,17H2,1H3;3-4H2,1-2H3;2*1H;/q2*-1;;;;+4/p-2. The average molecular weight is 935 g/mol. The Morgan fingerprint density at radius 1 is 0.533 bits per heavy atom. The van der Waals surface area contributed by atoms with Gasteiger partial charge in [0.25, 0.3) is 0 Å². The molecule has 2 fully saturated rings. The van der Waals surface area contributed by atoms with Crippen LogP contribution in [0.2, 0.25) is 12.6 Å². The molecule has 2 aliphatic rings. The molecule has 0 heterocycles. The van der Waals surface area contributed by atoms with Crippen LogP contribution < -0.4 is 0 Å². The van der Waals surface area contributed by atoms with Gasteiger partial charge in [-0.15, -0.1) is 69.1 Å². The molecule has 318 valence electrons. The summed E-state index contributed by atoms with van der Waals surface area (Å²) in [6, 6.07) is 43.2. The molecule has 0 saturated heterocycles. The second-order valence-electron chi connectivity index (χ2n) is 17.5. The molecular weight excluding hydrogens is 863 g/mol. The van der Waals surface area contributed by atoms with Gasteiger partial charge in [0.2, 0.25) is 0 Å². The molecule has 8 rings (SSSR count). The van der Waals surface area contributed by atoms with E-state index in [9.17, 15) is 0 Å². The Morgan fingerprint density at radius 2 is 0.917 bits per heavy atom. The molecule has 0 aromatic heterocycles. The van der Waals surface area contributed by atoms with Crippen LogP contribution in [0, 0.1) is 11.8 Å². The molecule has 6 aromatic rings. The molecule has 60 heavy (non-hydrogen) atoms. The van der Waals surface area contributed by atoms with Gasteiger partial charge >= 0.3 is 37.9 Å². The van der Waals surface area contributed by atoms with Crippen molar-refractivity contribution in [1.29, 1.82) is 0 Å². The molecule has 0 bridgehead atoms. The summed E-state index contributed by atoms with van der Waals surface area (Å²) in [5.74, 6) is 1.79. The number of rotatable bonds is 12. The van der Waals surface area contributed by atoms with Crippen LogP contribution in [0.15, 0.2) is 109 Å². The van der Waals surface area contributed by atoms with E-state index in [1.165, 1.54) is 183 Å². The molecule has 0 unspecified atom stereocenters. The van der Waals surface area contributed by atoms with Gasteiger partial charge in [0, 0.05) is 9.52 Å². The van der Waals surface area contributed by atoms with Gasteiger partial charge in [-0.2, -0.15) is 12.1 Å². The molecule has 0 atom stereocenters. The van der Waals surface area contributed by atoms with Crippen LogP contribution in [0.3, 0.4) is 0 Å². The van der Waals surface area contributed by atoms with E-state index in [4.69, 9.17) is 17.0 Å². The number of hydrogen-bond acceptors (Lipinski definition) is 0. The Labute approximate surface area is 386 Å². The van der Waals surface area contributed by atoms with Crippen molar-refractivity contribution in [2.75, 3.05) is 0 Å². The van der Waals surface area contributed by atoms with E-state index >= 15 is 0 Å². The summed E-state index contributed by atoms with van der Waals surface area (Å²) in [5, 5.41) is 5.67. The molecular formula is C56H72Cl2SiZr. The Bertz CT molecular complexity index is 1890. The molecule has 2 aliphatic carbocycles. The molecule has 2 saturated carbocycles. The number of fused-ring (bicyclic) bond motifs is 2. The van der Waals surface area contributed by atoms with Crippen molar-refractivity contribution in [2.45, 2.75) is 155 Å². The van der Waals surface area contributed by atoms with E-state index in [-0.39, 0.29) is 0 Å². The zero-order chi connectivity index (χ0) is 42.4. The van der Waals surface area contributed by atoms with Crippen molar-refractivity contribution in [3.8, 4) is 22.3 Å². The van der Waals surface area contributed by atoms with Crippen LogP contribution in [0.4, 0.5) is 0 Å². The normalized spacial score (nSPS) is 14.8. The van der Waals surface area contributed by atoms with Gasteiger partial charge in [-0.25, -0.2) is 0 Å². The third-order valence-electron chi connectivity index (χ3n) is 12.7. The van der Waals surface area contributed by atoms with Crippen LogP contribution in [0.5, 0.6) is 0 Å². The van der Waals surface area contributed by atoms with Gasteiger partial charge in [-0.1, -0.05) is 201 Å². The quantitative estimate of drug-likeness (QED) is 0.0652. The van der Waals surface area contributed by atoms with Gasteiger partial charge in [0.05, 0.1) is 0 Å². The fourth-order valence-corrected chi connectivity index (χ4v) is 10.2. The fraction of sp³-hybridized carbons (Fsp3) is 0.464. The van der Waals surface area contributed by atoms with Crippen molar-refractivity contribution >= 4 is 48.1 Å². The first kappa shape index (κ1) is 48.8. The molecule has 6 aromatic carbocycles. The van der Waals surface area contributed by atoms with E-state index in [1.807, 2.05) is 0 Å². The van der Waals surface area contributed by atoms with Gasteiger partial charge in [-0.3, -0.25) is 0 Å². The van der Waals surface area contributed by atoms with Crippen molar-refractivity contribution < 1.29 is 20.8 Å². The maximum atomic E-state index is 4.93. The molecule has 0 aliphatic heterocycles. The van der Waals surface area contributed by atoms with E-state index in [2.05, 4.69) is 137 Å². The minimum absolute atomic E-state index is 0.826. The summed E-state index contributed by atoms with van der Waals surface area (Å²) in [5.41, 5.74) is 11.4. The topological polar surface area (TPSA) is 0 Å². The van der Waals surface area contributed by atoms with Crippen LogP contribution in [0.1, 0.15) is 139 Å². The monoisotopic (exact) mass is 932 g/mol. The SMILES string of the molecule is CCC[Si]C.CCCc1ccc(-c2cccc3[cH-]c(CC4CCCCCC4)cc23)cc1.CCCc1ccc(-c2cccc3[cH-]c(CC4CCCCCC4)cc23)cc1.[Cl][Zr+2][Cl]. The van der Waals surface area contributed by atoms with Crippen LogP contribution >= 0.6 is 17.0 Å². The zero-order valence-electron chi connectivity index (χ0n) is 37.4.